The zero-order valence-electron chi connectivity index (χ0n) is 11.2. The Balaban J connectivity index is 2.20. The standard InChI is InChI=1S/C14H11I2N5O/c15-9-5-1-3-7-11(9)18-20-14(13(17)22)21-19-12-8-4-2-6-10(12)16/h1-8,18H,(H2,17,22)/b20-14-,21-19?. The average Bonchev–Trinajstić information content (AvgIpc) is 2.50. The van der Waals surface area contributed by atoms with Crippen molar-refractivity contribution in [2.75, 3.05) is 5.43 Å². The van der Waals surface area contributed by atoms with Crippen LogP contribution in [0.5, 0.6) is 0 Å². The van der Waals surface area contributed by atoms with Gasteiger partial charge in [-0.1, -0.05) is 24.3 Å². The van der Waals surface area contributed by atoms with Gasteiger partial charge in [-0.25, -0.2) is 0 Å². The number of hydrogen-bond acceptors (Lipinski definition) is 4. The van der Waals surface area contributed by atoms with Crippen LogP contribution in [-0.4, -0.2) is 11.7 Å². The predicted octanol–water partition coefficient (Wildman–Crippen LogP) is 3.89. The molecule has 0 saturated carbocycles. The largest absolute Gasteiger partial charge is 0.363 e. The summed E-state index contributed by atoms with van der Waals surface area (Å²) in [6, 6.07) is 14.9. The normalized spacial score (nSPS) is 11.6. The van der Waals surface area contributed by atoms with E-state index in [0.29, 0.717) is 5.69 Å². The molecule has 0 spiro atoms. The molecule has 0 aliphatic heterocycles. The number of primary amides is 1. The molecular weight excluding hydrogens is 508 g/mol. The number of halogens is 2. The molecule has 0 fully saturated rings. The number of carbonyl (C=O) groups excluding carboxylic acids is 1. The summed E-state index contributed by atoms with van der Waals surface area (Å²) in [5.74, 6) is -0.951. The van der Waals surface area contributed by atoms with Crippen LogP contribution in [0.1, 0.15) is 0 Å². The number of para-hydroxylation sites is 1. The van der Waals surface area contributed by atoms with Gasteiger partial charge in [-0.2, -0.15) is 0 Å². The zero-order valence-corrected chi connectivity index (χ0v) is 15.5. The summed E-state index contributed by atoms with van der Waals surface area (Å²) in [6.07, 6.45) is 0. The van der Waals surface area contributed by atoms with Gasteiger partial charge in [-0.15, -0.1) is 15.3 Å². The summed E-state index contributed by atoms with van der Waals surface area (Å²) >= 11 is 4.29. The molecule has 2 rings (SSSR count). The highest BCUT2D eigenvalue weighted by Crippen LogP contribution is 2.21. The van der Waals surface area contributed by atoms with E-state index in [1.54, 1.807) is 6.07 Å². The van der Waals surface area contributed by atoms with Crippen LogP contribution in [0.4, 0.5) is 11.4 Å². The molecule has 2 aromatic carbocycles. The van der Waals surface area contributed by atoms with Gasteiger partial charge in [0.05, 0.1) is 11.4 Å². The zero-order chi connectivity index (χ0) is 15.9. The fourth-order valence-corrected chi connectivity index (χ4v) is 2.43. The highest BCUT2D eigenvalue weighted by Gasteiger charge is 2.07. The third kappa shape index (κ3) is 4.73. The lowest BCUT2D eigenvalue weighted by atomic mass is 10.3. The summed E-state index contributed by atoms with van der Waals surface area (Å²) in [6.45, 7) is 0. The van der Waals surface area contributed by atoms with Crippen molar-refractivity contribution in [1.82, 2.24) is 0 Å². The number of anilines is 1. The van der Waals surface area contributed by atoms with Crippen LogP contribution in [0.2, 0.25) is 0 Å². The Bertz CT molecular complexity index is 746. The van der Waals surface area contributed by atoms with Crippen molar-refractivity contribution in [3.05, 3.63) is 55.7 Å². The second-order valence-corrected chi connectivity index (χ2v) is 6.37. The molecule has 8 heteroatoms. The number of azo groups is 1. The van der Waals surface area contributed by atoms with Gasteiger partial charge in [-0.05, 0) is 69.4 Å². The fourth-order valence-electron chi connectivity index (χ4n) is 1.43. The van der Waals surface area contributed by atoms with Crippen LogP contribution >= 0.6 is 45.2 Å². The van der Waals surface area contributed by atoms with Gasteiger partial charge in [0.2, 0.25) is 0 Å². The maximum absolute atomic E-state index is 11.4. The number of hydrazone groups is 1. The van der Waals surface area contributed by atoms with Gasteiger partial charge >= 0.3 is 0 Å². The number of rotatable bonds is 3. The Kier molecular flexibility index (Phi) is 6.24. The summed E-state index contributed by atoms with van der Waals surface area (Å²) in [5.41, 5.74) is 9.44. The molecule has 3 N–H and O–H groups in total. The highest BCUT2D eigenvalue weighted by molar-refractivity contribution is 14.1. The fraction of sp³-hybridized carbons (Fsp3) is 0. The molecule has 0 radical (unpaired) electrons. The topological polar surface area (TPSA) is 92.2 Å². The quantitative estimate of drug-likeness (QED) is 0.212. The number of benzene rings is 2. The lowest BCUT2D eigenvalue weighted by Gasteiger charge is -2.03. The summed E-state index contributed by atoms with van der Waals surface area (Å²) in [7, 11) is 0. The maximum atomic E-state index is 11.4. The molecular formula is C14H11I2N5O. The van der Waals surface area contributed by atoms with Gasteiger partial charge in [-0.3, -0.25) is 10.2 Å². The van der Waals surface area contributed by atoms with Crippen molar-refractivity contribution in [2.24, 2.45) is 21.1 Å². The monoisotopic (exact) mass is 519 g/mol. The lowest BCUT2D eigenvalue weighted by molar-refractivity contribution is -0.112. The molecule has 22 heavy (non-hydrogen) atoms. The summed E-state index contributed by atoms with van der Waals surface area (Å²) < 4.78 is 1.88. The minimum absolute atomic E-state index is 0.195. The number of nitrogens with zero attached hydrogens (tertiary/aromatic N) is 3. The van der Waals surface area contributed by atoms with E-state index in [-0.39, 0.29) is 5.84 Å². The highest BCUT2D eigenvalue weighted by atomic mass is 127. The van der Waals surface area contributed by atoms with Crippen LogP contribution < -0.4 is 11.2 Å². The maximum Gasteiger partial charge on any atom is 0.290 e. The molecule has 0 aromatic heterocycles. The van der Waals surface area contributed by atoms with E-state index in [1.165, 1.54) is 0 Å². The van der Waals surface area contributed by atoms with E-state index in [0.717, 1.165) is 12.8 Å². The first-order valence-corrected chi connectivity index (χ1v) is 8.28. The van der Waals surface area contributed by atoms with Crippen molar-refractivity contribution in [2.45, 2.75) is 0 Å². The van der Waals surface area contributed by atoms with Crippen molar-refractivity contribution in [3.8, 4) is 0 Å². The number of carbonyl (C=O) groups is 1. The Hall–Kier alpha value is -1.56. The Labute approximate surface area is 154 Å². The molecule has 0 heterocycles. The van der Waals surface area contributed by atoms with Crippen molar-refractivity contribution in [3.63, 3.8) is 0 Å². The Morgan fingerprint density at radius 1 is 1.00 bits per heavy atom. The first kappa shape index (κ1) is 16.8. The van der Waals surface area contributed by atoms with Crippen molar-refractivity contribution >= 4 is 68.3 Å². The first-order valence-electron chi connectivity index (χ1n) is 6.12. The van der Waals surface area contributed by atoms with Gasteiger partial charge in [0, 0.05) is 7.14 Å². The van der Waals surface area contributed by atoms with Gasteiger partial charge in [0.15, 0.2) is 0 Å². The minimum Gasteiger partial charge on any atom is -0.363 e. The molecule has 0 saturated heterocycles. The third-order valence-corrected chi connectivity index (χ3v) is 4.33. The average molecular weight is 519 g/mol. The second kappa shape index (κ2) is 8.17. The number of nitrogens with two attached hydrogens (primary N) is 1. The first-order chi connectivity index (χ1) is 10.6. The molecule has 1 amide bonds. The number of nitrogens with one attached hydrogen (secondary N) is 1. The van der Waals surface area contributed by atoms with Gasteiger partial charge in [0.1, 0.15) is 0 Å². The summed E-state index contributed by atoms with van der Waals surface area (Å²) in [4.78, 5) is 11.4. The molecule has 2 aromatic rings. The molecule has 0 atom stereocenters. The third-order valence-electron chi connectivity index (χ3n) is 2.48. The van der Waals surface area contributed by atoms with Crippen molar-refractivity contribution < 1.29 is 4.79 Å². The molecule has 0 unspecified atom stereocenters. The summed E-state index contributed by atoms with van der Waals surface area (Å²) in [5, 5.41) is 11.8. The number of amidine groups is 1. The molecule has 6 nitrogen and oxygen atoms in total. The second-order valence-electron chi connectivity index (χ2n) is 4.04. The lowest BCUT2D eigenvalue weighted by Crippen LogP contribution is -2.22. The van der Waals surface area contributed by atoms with Crippen LogP contribution in [0, 0.1) is 7.14 Å². The predicted molar refractivity (Wildman–Crippen MR) is 103 cm³/mol. The van der Waals surface area contributed by atoms with Gasteiger partial charge in [0.25, 0.3) is 11.7 Å². The van der Waals surface area contributed by atoms with Crippen LogP contribution in [0.15, 0.2) is 63.9 Å². The SMILES string of the molecule is NC(=O)/C(N=Nc1ccccc1I)=N/Nc1ccccc1I. The smallest absolute Gasteiger partial charge is 0.290 e. The van der Waals surface area contributed by atoms with E-state index in [9.17, 15) is 4.79 Å². The van der Waals surface area contributed by atoms with E-state index in [4.69, 9.17) is 5.73 Å². The van der Waals surface area contributed by atoms with Crippen molar-refractivity contribution in [1.29, 1.82) is 0 Å². The van der Waals surface area contributed by atoms with E-state index in [2.05, 4.69) is 65.9 Å². The van der Waals surface area contributed by atoms with Gasteiger partial charge < -0.3 is 5.73 Å². The van der Waals surface area contributed by atoms with Crippen LogP contribution in [0.3, 0.4) is 0 Å². The minimum atomic E-state index is -0.756. The molecule has 0 aliphatic carbocycles. The molecule has 0 bridgehead atoms. The van der Waals surface area contributed by atoms with E-state index in [1.807, 2.05) is 42.5 Å². The number of amides is 1. The van der Waals surface area contributed by atoms with E-state index >= 15 is 0 Å². The molecule has 0 aliphatic rings. The van der Waals surface area contributed by atoms with Crippen LogP contribution in [-0.2, 0) is 4.79 Å². The van der Waals surface area contributed by atoms with E-state index < -0.39 is 5.91 Å². The Morgan fingerprint density at radius 2 is 1.64 bits per heavy atom. The van der Waals surface area contributed by atoms with Crippen LogP contribution in [0.25, 0.3) is 0 Å². The molecule has 112 valence electrons. The Morgan fingerprint density at radius 3 is 2.27 bits per heavy atom. The number of hydrogen-bond donors (Lipinski definition) is 2.